The molecule has 2 rings (SSSR count). The molecule has 2 heterocycles. The second-order valence-corrected chi connectivity index (χ2v) is 24.3. The summed E-state index contributed by atoms with van der Waals surface area (Å²) in [6, 6.07) is 0. The van der Waals surface area contributed by atoms with Crippen LogP contribution in [-0.2, 0) is 23.7 Å². The molecule has 0 saturated carbocycles. The molecule has 192 valence electrons. The molecule has 5 atom stereocenters. The third-order valence-electron chi connectivity index (χ3n) is 7.73. The number of hydrogen-bond donors (Lipinski definition) is 0. The van der Waals surface area contributed by atoms with Crippen molar-refractivity contribution in [3.63, 3.8) is 0 Å². The average molecular weight is 573 g/mol. The first-order chi connectivity index (χ1) is 15.6. The fourth-order valence-corrected chi connectivity index (χ4v) is 21.7. The molecule has 2 fully saturated rings. The van der Waals surface area contributed by atoms with E-state index in [0.717, 1.165) is 6.42 Å². The van der Waals surface area contributed by atoms with E-state index in [1.165, 1.54) is 62.5 Å². The van der Waals surface area contributed by atoms with Crippen LogP contribution in [0, 0.1) is 5.92 Å². The van der Waals surface area contributed by atoms with E-state index < -0.39 is 24.2 Å². The molecule has 5 nitrogen and oxygen atoms in total. The van der Waals surface area contributed by atoms with Crippen molar-refractivity contribution in [1.82, 2.24) is 0 Å². The van der Waals surface area contributed by atoms with Gasteiger partial charge in [-0.05, 0) is 0 Å². The molecular formula is C27H50O5Sn. The van der Waals surface area contributed by atoms with Gasteiger partial charge >= 0.3 is 208 Å². The van der Waals surface area contributed by atoms with Crippen LogP contribution in [0.1, 0.15) is 92.9 Å². The van der Waals surface area contributed by atoms with Crippen LogP contribution in [0.5, 0.6) is 0 Å². The summed E-state index contributed by atoms with van der Waals surface area (Å²) in [6.07, 6.45) is 8.29. The van der Waals surface area contributed by atoms with Crippen molar-refractivity contribution in [1.29, 1.82) is 0 Å². The molecule has 2 saturated heterocycles. The molecular weight excluding hydrogens is 523 g/mol. The van der Waals surface area contributed by atoms with Crippen LogP contribution in [0.2, 0.25) is 13.3 Å². The minimum atomic E-state index is -2.72. The van der Waals surface area contributed by atoms with Crippen molar-refractivity contribution < 1.29 is 23.7 Å². The van der Waals surface area contributed by atoms with E-state index in [0.29, 0.717) is 6.42 Å². The average Bonchev–Trinajstić information content (AvgIpc) is 3.31. The van der Waals surface area contributed by atoms with Crippen LogP contribution in [0.15, 0.2) is 10.2 Å². The van der Waals surface area contributed by atoms with E-state index >= 15 is 0 Å². The Bertz CT molecular complexity index is 612. The Morgan fingerprint density at radius 2 is 1.58 bits per heavy atom. The molecule has 0 bridgehead atoms. The number of methoxy groups -OCH3 is 1. The van der Waals surface area contributed by atoms with Crippen molar-refractivity contribution >= 4 is 24.3 Å². The van der Waals surface area contributed by atoms with Gasteiger partial charge in [-0.15, -0.1) is 0 Å². The molecule has 0 aromatic heterocycles. The molecule has 0 spiro atoms. The number of unbranched alkanes of at least 4 members (excludes halogenated alkanes) is 3. The zero-order valence-corrected chi connectivity index (χ0v) is 25.3. The molecule has 2 aliphatic rings. The standard InChI is InChI=1S/C15H23O5.3C4H9.Sn/c1-6-10-14(20-15(3,4)19-10)12-7-9(2)11(18-12)8-13(16)17-5;3*1-3-4-2;/h9-12,14H,1,7-8H2,2-5H3;3*1,3-4H2,2H3;/t9-,10-,11+,12-,14-;;;;/m1..../s1. The number of ether oxygens (including phenoxy) is 4. The van der Waals surface area contributed by atoms with E-state index in [2.05, 4.69) is 27.7 Å². The first-order valence-corrected chi connectivity index (χ1v) is 20.9. The van der Waals surface area contributed by atoms with Gasteiger partial charge in [-0.25, -0.2) is 0 Å². The molecule has 0 aromatic rings. The maximum atomic E-state index is 11.9. The van der Waals surface area contributed by atoms with Crippen LogP contribution in [0.4, 0.5) is 0 Å². The van der Waals surface area contributed by atoms with Crippen LogP contribution in [-0.4, -0.2) is 61.7 Å². The fourth-order valence-electron chi connectivity index (χ4n) is 5.68. The molecule has 6 heteroatoms. The first-order valence-electron chi connectivity index (χ1n) is 13.4. The molecule has 0 aliphatic carbocycles. The number of carbonyl (C=O) groups is 1. The second-order valence-electron chi connectivity index (χ2n) is 10.8. The van der Waals surface area contributed by atoms with Gasteiger partial charge in [0, 0.05) is 0 Å². The van der Waals surface area contributed by atoms with E-state index in [4.69, 9.17) is 25.5 Å². The molecule has 2 aliphatic heterocycles. The van der Waals surface area contributed by atoms with Gasteiger partial charge in [-0.1, -0.05) is 0 Å². The summed E-state index contributed by atoms with van der Waals surface area (Å²) in [6.45, 7) is 17.9. The summed E-state index contributed by atoms with van der Waals surface area (Å²) in [5.41, 5.74) is 0. The van der Waals surface area contributed by atoms with Crippen LogP contribution >= 0.6 is 0 Å². The van der Waals surface area contributed by atoms with Crippen molar-refractivity contribution in [3.05, 3.63) is 10.2 Å². The maximum absolute atomic E-state index is 11.9. The predicted molar refractivity (Wildman–Crippen MR) is 137 cm³/mol. The summed E-state index contributed by atoms with van der Waals surface area (Å²) >= 11 is -2.72. The van der Waals surface area contributed by atoms with E-state index in [9.17, 15) is 4.79 Å². The Kier molecular flexibility index (Phi) is 11.7. The molecule has 0 N–H and O–H groups in total. The zero-order valence-electron chi connectivity index (χ0n) is 22.4. The topological polar surface area (TPSA) is 54.0 Å². The number of hydrogen-bond acceptors (Lipinski definition) is 5. The molecule has 0 radical (unpaired) electrons. The van der Waals surface area contributed by atoms with Crippen molar-refractivity contribution in [3.8, 4) is 0 Å². The molecule has 0 amide bonds. The zero-order chi connectivity index (χ0) is 24.6. The van der Waals surface area contributed by atoms with Gasteiger partial charge in [0.25, 0.3) is 0 Å². The van der Waals surface area contributed by atoms with Crippen molar-refractivity contribution in [2.75, 3.05) is 7.11 Å². The minimum absolute atomic E-state index is 0.0781. The quantitative estimate of drug-likeness (QED) is 0.169. The van der Waals surface area contributed by atoms with E-state index in [1.807, 2.05) is 13.8 Å². The van der Waals surface area contributed by atoms with Gasteiger partial charge in [0.2, 0.25) is 0 Å². The third-order valence-corrected chi connectivity index (χ3v) is 23.7. The summed E-state index contributed by atoms with van der Waals surface area (Å²) in [5, 5.41) is 0. The van der Waals surface area contributed by atoms with Crippen LogP contribution in [0.25, 0.3) is 0 Å². The number of rotatable bonds is 14. The molecule has 0 aromatic carbocycles. The van der Waals surface area contributed by atoms with Crippen molar-refractivity contribution in [2.45, 2.75) is 136 Å². The van der Waals surface area contributed by atoms with Gasteiger partial charge in [-0.3, -0.25) is 0 Å². The first kappa shape index (κ1) is 29.1. The predicted octanol–water partition coefficient (Wildman–Crippen LogP) is 6.81. The second kappa shape index (κ2) is 13.3. The third kappa shape index (κ3) is 7.68. The fraction of sp³-hybridized carbons (Fsp3) is 0.889. The Morgan fingerprint density at radius 3 is 2.06 bits per heavy atom. The monoisotopic (exact) mass is 574 g/mol. The van der Waals surface area contributed by atoms with E-state index in [-0.39, 0.29) is 36.3 Å². The van der Waals surface area contributed by atoms with Gasteiger partial charge in [0.1, 0.15) is 0 Å². The normalized spacial score (nSPS) is 29.4. The molecule has 0 unspecified atom stereocenters. The van der Waals surface area contributed by atoms with Gasteiger partial charge in [-0.2, -0.15) is 0 Å². The summed E-state index contributed by atoms with van der Waals surface area (Å²) in [7, 11) is 1.44. The summed E-state index contributed by atoms with van der Waals surface area (Å²) < 4.78 is 30.0. The SMILES string of the molecule is C=[C]([C@H]1OC(C)(C)O[C@H]1[C@H]1C[C@@H](C)[C@H](CC(=O)OC)O1)[Sn]([CH2]CCC)([CH2]CCC)[CH2]CCC. The summed E-state index contributed by atoms with van der Waals surface area (Å²) in [4.78, 5) is 11.9. The Hall–Kier alpha value is -0.111. The number of carbonyl (C=O) groups excluding carboxylic acids is 1. The Labute approximate surface area is 207 Å². The van der Waals surface area contributed by atoms with E-state index in [1.54, 1.807) is 0 Å². The van der Waals surface area contributed by atoms with Gasteiger partial charge < -0.3 is 0 Å². The Balaban J connectivity index is 2.30. The number of esters is 1. The summed E-state index contributed by atoms with van der Waals surface area (Å²) in [5.74, 6) is -0.585. The van der Waals surface area contributed by atoms with Crippen LogP contribution < -0.4 is 0 Å². The van der Waals surface area contributed by atoms with Gasteiger partial charge in [0.05, 0.1) is 0 Å². The Morgan fingerprint density at radius 1 is 1.03 bits per heavy atom. The van der Waals surface area contributed by atoms with Crippen LogP contribution in [0.3, 0.4) is 0 Å². The van der Waals surface area contributed by atoms with Crippen molar-refractivity contribution in [2.24, 2.45) is 5.92 Å². The van der Waals surface area contributed by atoms with Gasteiger partial charge in [0.15, 0.2) is 0 Å². The molecule has 33 heavy (non-hydrogen) atoms.